The second-order valence-electron chi connectivity index (χ2n) is 6.07. The van der Waals surface area contributed by atoms with Gasteiger partial charge in [0.2, 0.25) is 0 Å². The van der Waals surface area contributed by atoms with E-state index in [9.17, 15) is 4.79 Å². The number of ketones is 1. The van der Waals surface area contributed by atoms with E-state index in [4.69, 9.17) is 14.2 Å². The average Bonchev–Trinajstić information content (AvgIpc) is 2.75. The molecule has 0 fully saturated rings. The first-order valence-corrected chi connectivity index (χ1v) is 8.62. The highest BCUT2D eigenvalue weighted by molar-refractivity contribution is 6.03. The highest BCUT2D eigenvalue weighted by atomic mass is 16.5. The van der Waals surface area contributed by atoms with Crippen LogP contribution in [-0.2, 0) is 0 Å². The Balaban J connectivity index is 2.02. The minimum atomic E-state index is -0.421. The number of hydrogen-bond acceptors (Lipinski definition) is 4. The van der Waals surface area contributed by atoms with Gasteiger partial charge in [0, 0.05) is 5.56 Å². The van der Waals surface area contributed by atoms with Crippen molar-refractivity contribution in [1.29, 1.82) is 0 Å². The third-order valence-corrected chi connectivity index (χ3v) is 4.53. The molecule has 3 aromatic rings. The SMILES string of the molecule is COc1ccc(C(=O)C(c2ccc(OC)cc2)c2ccc(OC)cc2)cc1. The largest absolute Gasteiger partial charge is 0.497 e. The molecule has 0 amide bonds. The maximum Gasteiger partial charge on any atom is 0.174 e. The Hall–Kier alpha value is -3.27. The van der Waals surface area contributed by atoms with Crippen LogP contribution in [0.3, 0.4) is 0 Å². The molecule has 0 aliphatic heterocycles. The standard InChI is InChI=1S/C23H22O4/c1-25-19-10-4-16(5-11-19)22(17-6-12-20(26-2)13-7-17)23(24)18-8-14-21(27-3)15-9-18/h4-15,22H,1-3H3. The molecule has 27 heavy (non-hydrogen) atoms. The molecular formula is C23H22O4. The number of benzene rings is 3. The van der Waals surface area contributed by atoms with Gasteiger partial charge in [-0.05, 0) is 59.7 Å². The van der Waals surface area contributed by atoms with Gasteiger partial charge in [0.15, 0.2) is 5.78 Å². The molecule has 3 aromatic carbocycles. The lowest BCUT2D eigenvalue weighted by atomic mass is 9.85. The number of hydrogen-bond donors (Lipinski definition) is 0. The second-order valence-corrected chi connectivity index (χ2v) is 6.07. The van der Waals surface area contributed by atoms with E-state index in [1.807, 2.05) is 48.5 Å². The Kier molecular flexibility index (Phi) is 5.77. The maximum atomic E-state index is 13.4. The van der Waals surface area contributed by atoms with E-state index in [0.717, 1.165) is 28.4 Å². The molecule has 4 nitrogen and oxygen atoms in total. The molecule has 138 valence electrons. The normalized spacial score (nSPS) is 10.5. The number of Topliss-reactive ketones (excluding diaryl/α,β-unsaturated/α-hetero) is 1. The molecule has 0 unspecified atom stereocenters. The molecule has 0 heterocycles. The van der Waals surface area contributed by atoms with Crippen LogP contribution in [0.1, 0.15) is 27.4 Å². The van der Waals surface area contributed by atoms with E-state index >= 15 is 0 Å². The fraction of sp³-hybridized carbons (Fsp3) is 0.174. The van der Waals surface area contributed by atoms with Crippen LogP contribution in [0.5, 0.6) is 17.2 Å². The number of ether oxygens (including phenoxy) is 3. The van der Waals surface area contributed by atoms with Gasteiger partial charge in [-0.1, -0.05) is 24.3 Å². The van der Waals surface area contributed by atoms with Crippen molar-refractivity contribution in [3.63, 3.8) is 0 Å². The first-order chi connectivity index (χ1) is 13.2. The van der Waals surface area contributed by atoms with Crippen LogP contribution in [0.25, 0.3) is 0 Å². The molecule has 0 atom stereocenters. The summed E-state index contributed by atoms with van der Waals surface area (Å²) < 4.78 is 15.7. The Labute approximate surface area is 159 Å². The van der Waals surface area contributed by atoms with Crippen molar-refractivity contribution >= 4 is 5.78 Å². The summed E-state index contributed by atoms with van der Waals surface area (Å²) in [4.78, 5) is 13.4. The number of methoxy groups -OCH3 is 3. The third kappa shape index (κ3) is 4.11. The van der Waals surface area contributed by atoms with Crippen LogP contribution in [0.15, 0.2) is 72.8 Å². The van der Waals surface area contributed by atoms with Gasteiger partial charge in [0.05, 0.1) is 27.2 Å². The summed E-state index contributed by atoms with van der Waals surface area (Å²) in [5.41, 5.74) is 2.44. The Morgan fingerprint density at radius 1 is 0.593 bits per heavy atom. The topological polar surface area (TPSA) is 44.8 Å². The summed E-state index contributed by atoms with van der Waals surface area (Å²) in [5.74, 6) is 1.83. The Bertz CT molecular complexity index is 834. The summed E-state index contributed by atoms with van der Waals surface area (Å²) in [7, 11) is 4.85. The van der Waals surface area contributed by atoms with Gasteiger partial charge in [0.1, 0.15) is 17.2 Å². The lowest BCUT2D eigenvalue weighted by Gasteiger charge is -2.18. The summed E-state index contributed by atoms with van der Waals surface area (Å²) in [5, 5.41) is 0. The summed E-state index contributed by atoms with van der Waals surface area (Å²) in [6.07, 6.45) is 0. The zero-order valence-corrected chi connectivity index (χ0v) is 15.6. The predicted octanol–water partition coefficient (Wildman–Crippen LogP) is 4.73. The van der Waals surface area contributed by atoms with Crippen LogP contribution in [0.4, 0.5) is 0 Å². The predicted molar refractivity (Wildman–Crippen MR) is 105 cm³/mol. The van der Waals surface area contributed by atoms with Crippen LogP contribution in [0, 0.1) is 0 Å². The number of carbonyl (C=O) groups excluding carboxylic acids is 1. The third-order valence-electron chi connectivity index (χ3n) is 4.53. The van der Waals surface area contributed by atoms with Gasteiger partial charge in [-0.25, -0.2) is 0 Å². The highest BCUT2D eigenvalue weighted by Crippen LogP contribution is 2.31. The smallest absolute Gasteiger partial charge is 0.174 e. The van der Waals surface area contributed by atoms with E-state index in [0.29, 0.717) is 5.56 Å². The summed E-state index contributed by atoms with van der Waals surface area (Å²) in [6, 6.07) is 22.4. The molecule has 0 aliphatic rings. The lowest BCUT2D eigenvalue weighted by Crippen LogP contribution is -2.14. The van der Waals surface area contributed by atoms with Gasteiger partial charge in [-0.15, -0.1) is 0 Å². The first-order valence-electron chi connectivity index (χ1n) is 8.62. The molecule has 3 rings (SSSR count). The van der Waals surface area contributed by atoms with Crippen LogP contribution in [0.2, 0.25) is 0 Å². The van der Waals surface area contributed by atoms with Gasteiger partial charge < -0.3 is 14.2 Å². The summed E-state index contributed by atoms with van der Waals surface area (Å²) >= 11 is 0. The zero-order valence-electron chi connectivity index (χ0n) is 15.6. The molecule has 0 aliphatic carbocycles. The van der Waals surface area contributed by atoms with Crippen molar-refractivity contribution < 1.29 is 19.0 Å². The molecule has 0 N–H and O–H groups in total. The quantitative estimate of drug-likeness (QED) is 0.570. The second kappa shape index (κ2) is 8.41. The molecular weight excluding hydrogens is 340 g/mol. The van der Waals surface area contributed by atoms with Gasteiger partial charge in [-0.2, -0.15) is 0 Å². The monoisotopic (exact) mass is 362 g/mol. The fourth-order valence-electron chi connectivity index (χ4n) is 3.01. The van der Waals surface area contributed by atoms with Gasteiger partial charge >= 0.3 is 0 Å². The molecule has 4 heteroatoms. The molecule has 0 spiro atoms. The fourth-order valence-corrected chi connectivity index (χ4v) is 3.01. The van der Waals surface area contributed by atoms with Crippen LogP contribution in [-0.4, -0.2) is 27.1 Å². The number of carbonyl (C=O) groups is 1. The Morgan fingerprint density at radius 2 is 0.926 bits per heavy atom. The van der Waals surface area contributed by atoms with Crippen LogP contribution >= 0.6 is 0 Å². The molecule has 0 saturated carbocycles. The van der Waals surface area contributed by atoms with Gasteiger partial charge in [-0.3, -0.25) is 4.79 Å². The Morgan fingerprint density at radius 3 is 1.26 bits per heavy atom. The minimum absolute atomic E-state index is 0.0213. The molecule has 0 aromatic heterocycles. The minimum Gasteiger partial charge on any atom is -0.497 e. The van der Waals surface area contributed by atoms with Gasteiger partial charge in [0.25, 0.3) is 0 Å². The summed E-state index contributed by atoms with van der Waals surface area (Å²) in [6.45, 7) is 0. The molecule has 0 radical (unpaired) electrons. The maximum absolute atomic E-state index is 13.4. The van der Waals surface area contributed by atoms with E-state index in [2.05, 4.69) is 0 Å². The lowest BCUT2D eigenvalue weighted by molar-refractivity contribution is 0.0974. The van der Waals surface area contributed by atoms with E-state index in [1.54, 1.807) is 45.6 Å². The molecule has 0 bridgehead atoms. The van der Waals surface area contributed by atoms with Crippen molar-refractivity contribution in [2.45, 2.75) is 5.92 Å². The van der Waals surface area contributed by atoms with Crippen molar-refractivity contribution in [3.8, 4) is 17.2 Å². The average molecular weight is 362 g/mol. The van der Waals surface area contributed by atoms with E-state index in [-0.39, 0.29) is 5.78 Å². The van der Waals surface area contributed by atoms with E-state index in [1.165, 1.54) is 0 Å². The van der Waals surface area contributed by atoms with Crippen molar-refractivity contribution in [2.75, 3.05) is 21.3 Å². The van der Waals surface area contributed by atoms with Crippen molar-refractivity contribution in [1.82, 2.24) is 0 Å². The van der Waals surface area contributed by atoms with Crippen LogP contribution < -0.4 is 14.2 Å². The van der Waals surface area contributed by atoms with Crippen molar-refractivity contribution in [3.05, 3.63) is 89.5 Å². The number of rotatable bonds is 7. The first kappa shape index (κ1) is 18.5. The van der Waals surface area contributed by atoms with Crippen molar-refractivity contribution in [2.24, 2.45) is 0 Å². The molecule has 0 saturated heterocycles. The highest BCUT2D eigenvalue weighted by Gasteiger charge is 2.24. The van der Waals surface area contributed by atoms with E-state index < -0.39 is 5.92 Å². The zero-order chi connectivity index (χ0) is 19.2.